The zero-order valence-corrected chi connectivity index (χ0v) is 13.9. The van der Waals surface area contributed by atoms with E-state index in [2.05, 4.69) is 0 Å². The molecule has 0 N–H and O–H groups in total. The van der Waals surface area contributed by atoms with E-state index in [0.717, 1.165) is 0 Å². The van der Waals surface area contributed by atoms with Crippen molar-refractivity contribution in [2.75, 3.05) is 39.4 Å². The van der Waals surface area contributed by atoms with Gasteiger partial charge >= 0.3 is 0 Å². The van der Waals surface area contributed by atoms with Gasteiger partial charge in [-0.15, -0.1) is 0 Å². The van der Waals surface area contributed by atoms with E-state index >= 15 is 0 Å². The van der Waals surface area contributed by atoms with Gasteiger partial charge < -0.3 is 14.5 Å². The number of nitrogens with zero attached hydrogens (tertiary/aromatic N) is 2. The van der Waals surface area contributed by atoms with E-state index in [1.807, 2.05) is 6.92 Å². The first-order chi connectivity index (χ1) is 10.5. The van der Waals surface area contributed by atoms with Gasteiger partial charge in [0.2, 0.25) is 5.91 Å². The molecule has 1 aromatic rings. The highest BCUT2D eigenvalue weighted by Crippen LogP contribution is 2.20. The summed E-state index contributed by atoms with van der Waals surface area (Å²) in [6, 6.07) is 4.79. The van der Waals surface area contributed by atoms with Crippen LogP contribution in [0, 0.1) is 0 Å². The number of amides is 2. The van der Waals surface area contributed by atoms with E-state index < -0.39 is 0 Å². The van der Waals surface area contributed by atoms with Crippen molar-refractivity contribution < 1.29 is 14.3 Å². The molecule has 0 saturated carbocycles. The molecule has 5 nitrogen and oxygen atoms in total. The maximum atomic E-state index is 12.4. The highest BCUT2D eigenvalue weighted by atomic mass is 35.5. The summed E-state index contributed by atoms with van der Waals surface area (Å²) < 4.78 is 5.12. The summed E-state index contributed by atoms with van der Waals surface area (Å²) in [6.45, 7) is 4.44. The zero-order valence-electron chi connectivity index (χ0n) is 12.3. The average molecular weight is 345 g/mol. The Morgan fingerprint density at radius 1 is 1.05 bits per heavy atom. The molecule has 1 aliphatic rings. The zero-order chi connectivity index (χ0) is 16.1. The van der Waals surface area contributed by atoms with Crippen molar-refractivity contribution in [3.8, 4) is 0 Å². The number of hydrogen-bond donors (Lipinski definition) is 0. The maximum Gasteiger partial charge on any atom is 0.254 e. The highest BCUT2D eigenvalue weighted by molar-refractivity contribution is 6.35. The van der Waals surface area contributed by atoms with Crippen molar-refractivity contribution in [3.05, 3.63) is 33.8 Å². The Morgan fingerprint density at radius 2 is 1.59 bits per heavy atom. The Kier molecular flexibility index (Phi) is 6.06. The van der Waals surface area contributed by atoms with Crippen LogP contribution in [0.3, 0.4) is 0 Å². The van der Waals surface area contributed by atoms with E-state index in [4.69, 9.17) is 27.9 Å². The largest absolute Gasteiger partial charge is 0.372 e. The van der Waals surface area contributed by atoms with Crippen molar-refractivity contribution >= 4 is 35.0 Å². The van der Waals surface area contributed by atoms with E-state index in [-0.39, 0.29) is 18.4 Å². The number of rotatable bonds is 4. The fourth-order valence-corrected chi connectivity index (χ4v) is 2.83. The monoisotopic (exact) mass is 344 g/mol. The van der Waals surface area contributed by atoms with E-state index in [1.54, 1.807) is 28.0 Å². The fraction of sp³-hybridized carbons (Fsp3) is 0.467. The molecule has 0 spiro atoms. The lowest BCUT2D eigenvalue weighted by atomic mass is 10.2. The molecule has 0 aliphatic carbocycles. The van der Waals surface area contributed by atoms with Gasteiger partial charge in [0, 0.05) is 48.4 Å². The summed E-state index contributed by atoms with van der Waals surface area (Å²) in [5.74, 6) is -0.166. The molecule has 7 heteroatoms. The van der Waals surface area contributed by atoms with Gasteiger partial charge in [0.1, 0.15) is 6.61 Å². The SMILES string of the molecule is CCOCC(=O)N1CCN(C(=O)c2cc(Cl)cc(Cl)c2)CC1. The van der Waals surface area contributed by atoms with Crippen LogP contribution >= 0.6 is 23.2 Å². The van der Waals surface area contributed by atoms with Gasteiger partial charge in [-0.1, -0.05) is 23.2 Å². The molecule has 1 aromatic carbocycles. The third-order valence-electron chi connectivity index (χ3n) is 3.46. The Hall–Kier alpha value is -1.30. The van der Waals surface area contributed by atoms with Crippen LogP contribution in [0.15, 0.2) is 18.2 Å². The second-order valence-corrected chi connectivity index (χ2v) is 5.84. The van der Waals surface area contributed by atoms with Crippen molar-refractivity contribution in [1.29, 1.82) is 0 Å². The van der Waals surface area contributed by atoms with E-state index in [1.165, 1.54) is 0 Å². The Morgan fingerprint density at radius 3 is 2.14 bits per heavy atom. The minimum Gasteiger partial charge on any atom is -0.372 e. The first-order valence-electron chi connectivity index (χ1n) is 7.12. The summed E-state index contributed by atoms with van der Waals surface area (Å²) in [6.07, 6.45) is 0. The molecule has 0 bridgehead atoms. The van der Waals surface area contributed by atoms with Gasteiger partial charge in [-0.3, -0.25) is 9.59 Å². The molecule has 120 valence electrons. The van der Waals surface area contributed by atoms with Crippen LogP contribution in [0.25, 0.3) is 0 Å². The van der Waals surface area contributed by atoms with Crippen LogP contribution in [-0.2, 0) is 9.53 Å². The van der Waals surface area contributed by atoms with Crippen molar-refractivity contribution in [2.45, 2.75) is 6.92 Å². The van der Waals surface area contributed by atoms with Crippen molar-refractivity contribution in [1.82, 2.24) is 9.80 Å². The lowest BCUT2D eigenvalue weighted by molar-refractivity contribution is -0.137. The first kappa shape index (κ1) is 17.1. The molecule has 2 rings (SSSR count). The third kappa shape index (κ3) is 4.35. The first-order valence-corrected chi connectivity index (χ1v) is 7.87. The molecule has 0 aromatic heterocycles. The number of carbonyl (C=O) groups is 2. The molecule has 0 unspecified atom stereocenters. The third-order valence-corrected chi connectivity index (χ3v) is 3.90. The van der Waals surface area contributed by atoms with Crippen LogP contribution in [0.5, 0.6) is 0 Å². The average Bonchev–Trinajstić information content (AvgIpc) is 2.51. The normalized spacial score (nSPS) is 15.0. The lowest BCUT2D eigenvalue weighted by Crippen LogP contribution is -2.51. The Balaban J connectivity index is 1.93. The van der Waals surface area contributed by atoms with Crippen molar-refractivity contribution in [2.24, 2.45) is 0 Å². The summed E-state index contributed by atoms with van der Waals surface area (Å²) in [4.78, 5) is 27.7. The van der Waals surface area contributed by atoms with Crippen molar-refractivity contribution in [3.63, 3.8) is 0 Å². The summed E-state index contributed by atoms with van der Waals surface area (Å²) in [5, 5.41) is 0.864. The van der Waals surface area contributed by atoms with Gasteiger partial charge in [0.05, 0.1) is 0 Å². The molecule has 1 aliphatic heterocycles. The van der Waals surface area contributed by atoms with Gasteiger partial charge in [-0.05, 0) is 25.1 Å². The molecular formula is C15H18Cl2N2O3. The molecule has 0 atom stereocenters. The highest BCUT2D eigenvalue weighted by Gasteiger charge is 2.25. The molecule has 1 heterocycles. The molecule has 2 amide bonds. The second-order valence-electron chi connectivity index (χ2n) is 4.97. The minimum atomic E-state index is -0.124. The number of piperazine rings is 1. The fourth-order valence-electron chi connectivity index (χ4n) is 2.30. The summed E-state index contributed by atoms with van der Waals surface area (Å²) in [7, 11) is 0. The van der Waals surface area contributed by atoms with E-state index in [0.29, 0.717) is 48.4 Å². The number of ether oxygens (including phenoxy) is 1. The standard InChI is InChI=1S/C15H18Cl2N2O3/c1-2-22-10-14(20)18-3-5-19(6-4-18)15(21)11-7-12(16)9-13(17)8-11/h7-9H,2-6,10H2,1H3. The Labute approximate surface area is 139 Å². The van der Waals surface area contributed by atoms with Crippen LogP contribution in [0.2, 0.25) is 10.0 Å². The minimum absolute atomic E-state index is 0.0419. The van der Waals surface area contributed by atoms with Gasteiger partial charge in [0.25, 0.3) is 5.91 Å². The quantitative estimate of drug-likeness (QED) is 0.842. The summed E-state index contributed by atoms with van der Waals surface area (Å²) >= 11 is 11.8. The topological polar surface area (TPSA) is 49.9 Å². The van der Waals surface area contributed by atoms with Gasteiger partial charge in [-0.25, -0.2) is 0 Å². The van der Waals surface area contributed by atoms with Crippen LogP contribution in [-0.4, -0.2) is 61.0 Å². The molecule has 22 heavy (non-hydrogen) atoms. The molecular weight excluding hydrogens is 327 g/mol. The molecule has 0 radical (unpaired) electrons. The maximum absolute atomic E-state index is 12.4. The van der Waals surface area contributed by atoms with Crippen LogP contribution in [0.1, 0.15) is 17.3 Å². The van der Waals surface area contributed by atoms with Gasteiger partial charge in [-0.2, -0.15) is 0 Å². The number of hydrogen-bond acceptors (Lipinski definition) is 3. The number of benzene rings is 1. The Bertz CT molecular complexity index is 537. The molecule has 1 saturated heterocycles. The number of halogens is 2. The van der Waals surface area contributed by atoms with Gasteiger partial charge in [0.15, 0.2) is 0 Å². The number of carbonyl (C=O) groups excluding carboxylic acids is 2. The summed E-state index contributed by atoms with van der Waals surface area (Å²) in [5.41, 5.74) is 0.464. The van der Waals surface area contributed by atoms with Crippen LogP contribution < -0.4 is 0 Å². The lowest BCUT2D eigenvalue weighted by Gasteiger charge is -2.34. The van der Waals surface area contributed by atoms with E-state index in [9.17, 15) is 9.59 Å². The molecule has 1 fully saturated rings. The second kappa shape index (κ2) is 7.81. The van der Waals surface area contributed by atoms with Crippen LogP contribution in [0.4, 0.5) is 0 Å². The smallest absolute Gasteiger partial charge is 0.254 e. The predicted molar refractivity (Wildman–Crippen MR) is 85.4 cm³/mol. The predicted octanol–water partition coefficient (Wildman–Crippen LogP) is 2.31.